The molecule has 0 spiro atoms. The molecular formula is C7H10N4OS. The first-order valence-corrected chi connectivity index (χ1v) is 4.44. The van der Waals surface area contributed by atoms with Crippen LogP contribution in [0.5, 0.6) is 0 Å². The third-order valence-corrected chi connectivity index (χ3v) is 1.87. The molecule has 0 aliphatic heterocycles. The van der Waals surface area contributed by atoms with Gasteiger partial charge in [0.2, 0.25) is 5.16 Å². The highest BCUT2D eigenvalue weighted by Crippen LogP contribution is 2.09. The first-order valence-electron chi connectivity index (χ1n) is 3.62. The molecular weight excluding hydrogens is 188 g/mol. The number of amides is 2. The predicted octanol–water partition coefficient (Wildman–Crippen LogP) is 0.769. The quantitative estimate of drug-likeness (QED) is 0.543. The molecule has 0 radical (unpaired) electrons. The lowest BCUT2D eigenvalue weighted by molar-refractivity contribution is 0.254. The molecule has 1 rings (SSSR count). The molecule has 0 unspecified atom stereocenters. The maximum absolute atomic E-state index is 10.4. The van der Waals surface area contributed by atoms with E-state index in [1.165, 1.54) is 0 Å². The Morgan fingerprint density at radius 1 is 1.46 bits per heavy atom. The molecule has 0 aromatic carbocycles. The summed E-state index contributed by atoms with van der Waals surface area (Å²) in [4.78, 5) is 18.6. The number of carbonyl (C=O) groups excluding carboxylic acids is 1. The molecule has 2 amide bonds. The van der Waals surface area contributed by atoms with Gasteiger partial charge in [-0.1, -0.05) is 0 Å². The van der Waals surface area contributed by atoms with Gasteiger partial charge in [-0.25, -0.2) is 14.8 Å². The molecule has 5 nitrogen and oxygen atoms in total. The van der Waals surface area contributed by atoms with E-state index in [1.54, 1.807) is 0 Å². The highest BCUT2D eigenvalue weighted by molar-refractivity contribution is 7.97. The first kappa shape index (κ1) is 9.79. The number of carbonyl (C=O) groups is 1. The molecule has 13 heavy (non-hydrogen) atoms. The van der Waals surface area contributed by atoms with Crippen molar-refractivity contribution in [2.24, 2.45) is 5.73 Å². The molecule has 0 aliphatic rings. The van der Waals surface area contributed by atoms with Gasteiger partial charge in [0.15, 0.2) is 0 Å². The Morgan fingerprint density at radius 3 is 2.46 bits per heavy atom. The Kier molecular flexibility index (Phi) is 3.07. The zero-order valence-corrected chi connectivity index (χ0v) is 8.18. The van der Waals surface area contributed by atoms with Crippen LogP contribution >= 0.6 is 11.9 Å². The minimum atomic E-state index is -0.604. The Morgan fingerprint density at radius 2 is 2.00 bits per heavy atom. The van der Waals surface area contributed by atoms with Gasteiger partial charge in [0, 0.05) is 23.3 Å². The zero-order chi connectivity index (χ0) is 9.84. The van der Waals surface area contributed by atoms with Gasteiger partial charge in [-0.15, -0.1) is 0 Å². The fraction of sp³-hybridized carbons (Fsp3) is 0.286. The van der Waals surface area contributed by atoms with E-state index in [-0.39, 0.29) is 0 Å². The van der Waals surface area contributed by atoms with E-state index in [9.17, 15) is 4.79 Å². The molecule has 0 atom stereocenters. The van der Waals surface area contributed by atoms with Crippen LogP contribution in [0.4, 0.5) is 4.79 Å². The molecule has 0 saturated carbocycles. The number of nitrogens with two attached hydrogens (primary N) is 1. The van der Waals surface area contributed by atoms with Crippen molar-refractivity contribution in [3.05, 3.63) is 17.5 Å². The molecule has 1 aromatic rings. The summed E-state index contributed by atoms with van der Waals surface area (Å²) in [6.07, 6.45) is 0. The molecule has 0 fully saturated rings. The monoisotopic (exact) mass is 198 g/mol. The molecule has 0 saturated heterocycles. The second-order valence-electron chi connectivity index (χ2n) is 2.50. The van der Waals surface area contributed by atoms with Gasteiger partial charge < -0.3 is 5.73 Å². The fourth-order valence-electron chi connectivity index (χ4n) is 0.835. The van der Waals surface area contributed by atoms with Crippen LogP contribution in [-0.4, -0.2) is 16.0 Å². The molecule has 1 heterocycles. The van der Waals surface area contributed by atoms with Crippen molar-refractivity contribution >= 4 is 18.0 Å². The van der Waals surface area contributed by atoms with Crippen LogP contribution in [0.25, 0.3) is 0 Å². The van der Waals surface area contributed by atoms with Crippen LogP contribution in [0, 0.1) is 13.8 Å². The summed E-state index contributed by atoms with van der Waals surface area (Å²) in [7, 11) is 0. The molecule has 3 N–H and O–H groups in total. The summed E-state index contributed by atoms with van der Waals surface area (Å²) in [6.45, 7) is 3.73. The summed E-state index contributed by atoms with van der Waals surface area (Å²) >= 11 is 1.01. The summed E-state index contributed by atoms with van der Waals surface area (Å²) in [6, 6.07) is 1.25. The summed E-state index contributed by atoms with van der Waals surface area (Å²) in [5, 5.41) is 0.497. The van der Waals surface area contributed by atoms with Gasteiger partial charge in [0.25, 0.3) is 0 Å². The molecule has 6 heteroatoms. The molecule has 1 aromatic heterocycles. The molecule has 0 aliphatic carbocycles. The SMILES string of the molecule is Cc1cc(C)nc(SNC(N)=O)n1. The largest absolute Gasteiger partial charge is 0.351 e. The van der Waals surface area contributed by atoms with Crippen LogP contribution in [0.2, 0.25) is 0 Å². The first-order chi connectivity index (χ1) is 6.08. The fourth-order valence-corrected chi connectivity index (χ4v) is 1.41. The number of rotatable bonds is 2. The number of hydrogen-bond acceptors (Lipinski definition) is 4. The van der Waals surface area contributed by atoms with E-state index >= 15 is 0 Å². The van der Waals surface area contributed by atoms with E-state index in [4.69, 9.17) is 5.73 Å². The lowest BCUT2D eigenvalue weighted by atomic mass is 10.4. The van der Waals surface area contributed by atoms with Crippen LogP contribution in [0.1, 0.15) is 11.4 Å². The van der Waals surface area contributed by atoms with Crippen molar-refractivity contribution in [3.8, 4) is 0 Å². The zero-order valence-electron chi connectivity index (χ0n) is 7.37. The van der Waals surface area contributed by atoms with E-state index < -0.39 is 6.03 Å². The number of primary amides is 1. The number of aryl methyl sites for hydroxylation is 2. The van der Waals surface area contributed by atoms with Gasteiger partial charge in [0.1, 0.15) is 0 Å². The normalized spacial score (nSPS) is 9.69. The van der Waals surface area contributed by atoms with Gasteiger partial charge in [0.05, 0.1) is 0 Å². The third-order valence-electron chi connectivity index (χ3n) is 1.20. The number of nitrogens with one attached hydrogen (secondary N) is 1. The average Bonchev–Trinajstić information content (AvgIpc) is 1.99. The van der Waals surface area contributed by atoms with Gasteiger partial charge >= 0.3 is 6.03 Å². The van der Waals surface area contributed by atoms with E-state index in [0.29, 0.717) is 5.16 Å². The number of urea groups is 1. The van der Waals surface area contributed by atoms with Crippen LogP contribution in [-0.2, 0) is 0 Å². The van der Waals surface area contributed by atoms with Crippen molar-refractivity contribution in [1.29, 1.82) is 0 Å². The highest BCUT2D eigenvalue weighted by atomic mass is 32.2. The minimum Gasteiger partial charge on any atom is -0.351 e. The van der Waals surface area contributed by atoms with Crippen LogP contribution in [0.3, 0.4) is 0 Å². The maximum atomic E-state index is 10.4. The summed E-state index contributed by atoms with van der Waals surface area (Å²) in [5.74, 6) is 0. The molecule has 70 valence electrons. The van der Waals surface area contributed by atoms with Gasteiger partial charge in [-0.2, -0.15) is 0 Å². The lowest BCUT2D eigenvalue weighted by Crippen LogP contribution is -2.23. The third kappa shape index (κ3) is 3.29. The standard InChI is InChI=1S/C7H10N4OS/c1-4-3-5(2)10-7(9-4)13-11-6(8)12/h3H,1-2H3,(H3,8,11,12). The number of hydrogen-bond donors (Lipinski definition) is 2. The van der Waals surface area contributed by atoms with Crippen LogP contribution in [0.15, 0.2) is 11.2 Å². The smallest absolute Gasteiger partial charge is 0.322 e. The Balaban J connectivity index is 2.71. The topological polar surface area (TPSA) is 80.9 Å². The van der Waals surface area contributed by atoms with Crippen molar-refractivity contribution in [3.63, 3.8) is 0 Å². The maximum Gasteiger partial charge on any atom is 0.322 e. The Bertz CT molecular complexity index is 308. The summed E-state index contributed by atoms with van der Waals surface area (Å²) < 4.78 is 2.35. The van der Waals surface area contributed by atoms with E-state index in [0.717, 1.165) is 23.3 Å². The Hall–Kier alpha value is -1.30. The van der Waals surface area contributed by atoms with Crippen LogP contribution < -0.4 is 10.5 Å². The van der Waals surface area contributed by atoms with Crippen molar-refractivity contribution in [1.82, 2.24) is 14.7 Å². The Labute approximate surface area is 80.3 Å². The van der Waals surface area contributed by atoms with Crippen molar-refractivity contribution in [2.75, 3.05) is 0 Å². The number of nitrogens with zero attached hydrogens (tertiary/aromatic N) is 2. The van der Waals surface area contributed by atoms with E-state index in [2.05, 4.69) is 14.7 Å². The molecule has 0 bridgehead atoms. The summed E-state index contributed by atoms with van der Waals surface area (Å²) in [5.41, 5.74) is 6.61. The van der Waals surface area contributed by atoms with Gasteiger partial charge in [-0.3, -0.25) is 4.72 Å². The minimum absolute atomic E-state index is 0.497. The highest BCUT2D eigenvalue weighted by Gasteiger charge is 2.01. The lowest BCUT2D eigenvalue weighted by Gasteiger charge is -2.01. The average molecular weight is 198 g/mol. The van der Waals surface area contributed by atoms with Crippen molar-refractivity contribution in [2.45, 2.75) is 19.0 Å². The number of aromatic nitrogens is 2. The predicted molar refractivity (Wildman–Crippen MR) is 50.1 cm³/mol. The van der Waals surface area contributed by atoms with Crippen molar-refractivity contribution < 1.29 is 4.79 Å². The van der Waals surface area contributed by atoms with E-state index in [1.807, 2.05) is 19.9 Å². The van der Waals surface area contributed by atoms with Gasteiger partial charge in [-0.05, 0) is 19.9 Å². The second-order valence-corrected chi connectivity index (χ2v) is 3.28. The second kappa shape index (κ2) is 4.08.